The van der Waals surface area contributed by atoms with Gasteiger partial charge in [0.15, 0.2) is 0 Å². The van der Waals surface area contributed by atoms with Crippen molar-refractivity contribution in [1.29, 1.82) is 0 Å². The summed E-state index contributed by atoms with van der Waals surface area (Å²) in [6, 6.07) is 15.8. The maximum absolute atomic E-state index is 12.9. The second-order valence-electron chi connectivity index (χ2n) is 6.69. The molecule has 3 aromatic rings. The van der Waals surface area contributed by atoms with E-state index in [9.17, 15) is 4.79 Å². The van der Waals surface area contributed by atoms with Gasteiger partial charge in [0.2, 0.25) is 0 Å². The number of aromatic nitrogens is 3. The van der Waals surface area contributed by atoms with E-state index < -0.39 is 0 Å². The monoisotopic (exact) mass is 365 g/mol. The van der Waals surface area contributed by atoms with E-state index in [2.05, 4.69) is 16.0 Å². The lowest BCUT2D eigenvalue weighted by Crippen LogP contribution is -2.24. The highest BCUT2D eigenvalue weighted by molar-refractivity contribution is 5.47. The summed E-state index contributed by atoms with van der Waals surface area (Å²) in [6.07, 6.45) is 0. The van der Waals surface area contributed by atoms with Gasteiger partial charge < -0.3 is 4.74 Å². The molecule has 0 spiro atoms. The van der Waals surface area contributed by atoms with E-state index in [1.54, 1.807) is 11.7 Å². The fourth-order valence-electron chi connectivity index (χ4n) is 3.53. The predicted molar refractivity (Wildman–Crippen MR) is 103 cm³/mol. The average Bonchev–Trinajstić information content (AvgIpc) is 3.31. The Labute approximate surface area is 157 Å². The normalized spacial score (nSPS) is 14.6. The van der Waals surface area contributed by atoms with Crippen molar-refractivity contribution in [3.05, 3.63) is 76.0 Å². The Morgan fingerprint density at radius 2 is 1.89 bits per heavy atom. The molecule has 1 saturated heterocycles. The lowest BCUT2D eigenvalue weighted by Gasteiger charge is -2.15. The lowest BCUT2D eigenvalue weighted by molar-refractivity contribution is 0.406. The quantitative estimate of drug-likeness (QED) is 0.718. The first-order valence-electron chi connectivity index (χ1n) is 9.02. The van der Waals surface area contributed by atoms with E-state index in [0.29, 0.717) is 18.3 Å². The molecule has 1 aromatic heterocycles. The Kier molecular flexibility index (Phi) is 4.79. The molecule has 140 valence electrons. The number of benzene rings is 2. The Bertz CT molecular complexity index is 987. The van der Waals surface area contributed by atoms with Crippen molar-refractivity contribution in [1.82, 2.24) is 25.2 Å². The first kappa shape index (κ1) is 17.5. The zero-order valence-corrected chi connectivity index (χ0v) is 15.5. The number of methoxy groups -OCH3 is 1. The molecular formula is C20H23N5O2. The van der Waals surface area contributed by atoms with Crippen LogP contribution >= 0.6 is 0 Å². The number of nitrogens with one attached hydrogen (secondary N) is 2. The molecule has 4 rings (SSSR count). The average molecular weight is 365 g/mol. The van der Waals surface area contributed by atoms with Crippen LogP contribution in [0.2, 0.25) is 0 Å². The van der Waals surface area contributed by atoms with Crippen LogP contribution in [0.15, 0.2) is 53.3 Å². The zero-order valence-electron chi connectivity index (χ0n) is 15.5. The highest BCUT2D eigenvalue weighted by Gasteiger charge is 2.21. The molecule has 7 nitrogen and oxygen atoms in total. The third-order valence-electron chi connectivity index (χ3n) is 4.91. The summed E-state index contributed by atoms with van der Waals surface area (Å²) in [6.45, 7) is 3.99. The van der Waals surface area contributed by atoms with Gasteiger partial charge in [-0.15, -0.1) is 0 Å². The van der Waals surface area contributed by atoms with Gasteiger partial charge in [0.1, 0.15) is 11.6 Å². The van der Waals surface area contributed by atoms with E-state index in [1.165, 1.54) is 4.68 Å². The summed E-state index contributed by atoms with van der Waals surface area (Å²) < 4.78 is 8.73. The van der Waals surface area contributed by atoms with E-state index >= 15 is 0 Å². The van der Waals surface area contributed by atoms with Crippen molar-refractivity contribution in [3.63, 3.8) is 0 Å². The van der Waals surface area contributed by atoms with Crippen molar-refractivity contribution in [2.75, 3.05) is 20.2 Å². The van der Waals surface area contributed by atoms with Crippen molar-refractivity contribution in [3.8, 4) is 11.4 Å². The van der Waals surface area contributed by atoms with Crippen molar-refractivity contribution in [2.24, 2.45) is 0 Å². The Morgan fingerprint density at radius 1 is 1.15 bits per heavy atom. The first-order chi connectivity index (χ1) is 13.2. The van der Waals surface area contributed by atoms with Gasteiger partial charge in [-0.1, -0.05) is 36.4 Å². The molecule has 27 heavy (non-hydrogen) atoms. The van der Waals surface area contributed by atoms with Crippen LogP contribution in [0, 0.1) is 6.92 Å². The van der Waals surface area contributed by atoms with Crippen molar-refractivity contribution < 1.29 is 4.74 Å². The topological polar surface area (TPSA) is 73.1 Å². The fraction of sp³-hybridized carbons (Fsp3) is 0.300. The van der Waals surface area contributed by atoms with Crippen molar-refractivity contribution in [2.45, 2.75) is 19.4 Å². The van der Waals surface area contributed by atoms with Gasteiger partial charge in [-0.2, -0.15) is 5.10 Å². The first-order valence-corrected chi connectivity index (χ1v) is 9.02. The SMILES string of the molecule is COc1cc(-n2c(C)nn(Cc3ccccc3)c2=O)ccc1C1CNNC1. The van der Waals surface area contributed by atoms with Crippen LogP contribution in [-0.2, 0) is 6.54 Å². The molecular weight excluding hydrogens is 342 g/mol. The highest BCUT2D eigenvalue weighted by Crippen LogP contribution is 2.29. The summed E-state index contributed by atoms with van der Waals surface area (Å²) >= 11 is 0. The minimum absolute atomic E-state index is 0.157. The largest absolute Gasteiger partial charge is 0.496 e. The maximum Gasteiger partial charge on any atom is 0.350 e. The second kappa shape index (κ2) is 7.38. The van der Waals surface area contributed by atoms with E-state index in [4.69, 9.17) is 4.74 Å². The Morgan fingerprint density at radius 3 is 2.59 bits per heavy atom. The number of ether oxygens (including phenoxy) is 1. The Balaban J connectivity index is 1.70. The van der Waals surface area contributed by atoms with Gasteiger partial charge in [0.25, 0.3) is 0 Å². The molecule has 0 saturated carbocycles. The molecule has 1 fully saturated rings. The molecule has 2 aromatic carbocycles. The molecule has 2 N–H and O–H groups in total. The van der Waals surface area contributed by atoms with Crippen LogP contribution in [0.3, 0.4) is 0 Å². The second-order valence-corrected chi connectivity index (χ2v) is 6.69. The maximum atomic E-state index is 12.9. The van der Waals surface area contributed by atoms with Crippen LogP contribution < -0.4 is 21.3 Å². The molecule has 0 bridgehead atoms. The molecule has 7 heteroatoms. The summed E-state index contributed by atoms with van der Waals surface area (Å²) in [5.41, 5.74) is 9.05. The smallest absolute Gasteiger partial charge is 0.350 e. The van der Waals surface area contributed by atoms with Crippen LogP contribution in [0.25, 0.3) is 5.69 Å². The number of nitrogens with zero attached hydrogens (tertiary/aromatic N) is 3. The molecule has 1 aliphatic heterocycles. The minimum atomic E-state index is -0.157. The zero-order chi connectivity index (χ0) is 18.8. The summed E-state index contributed by atoms with van der Waals surface area (Å²) in [5, 5.41) is 4.44. The van der Waals surface area contributed by atoms with Gasteiger partial charge in [0, 0.05) is 25.1 Å². The van der Waals surface area contributed by atoms with Gasteiger partial charge in [-0.05, 0) is 24.1 Å². The minimum Gasteiger partial charge on any atom is -0.496 e. The van der Waals surface area contributed by atoms with Gasteiger partial charge in [-0.3, -0.25) is 10.9 Å². The number of rotatable bonds is 5. The van der Waals surface area contributed by atoms with Crippen LogP contribution in [0.4, 0.5) is 0 Å². The van der Waals surface area contributed by atoms with Crippen LogP contribution in [0.5, 0.6) is 5.75 Å². The third kappa shape index (κ3) is 3.39. The standard InChI is InChI=1S/C20H23N5O2/c1-14-23-24(13-15-6-4-3-5-7-15)20(26)25(14)17-8-9-18(19(10-17)27-2)16-11-21-22-12-16/h3-10,16,21-22H,11-13H2,1-2H3. The molecule has 0 amide bonds. The Hall–Kier alpha value is -2.90. The molecule has 0 unspecified atom stereocenters. The molecule has 2 heterocycles. The molecule has 0 atom stereocenters. The lowest BCUT2D eigenvalue weighted by atomic mass is 9.99. The molecule has 0 radical (unpaired) electrons. The van der Waals surface area contributed by atoms with Crippen molar-refractivity contribution >= 4 is 0 Å². The van der Waals surface area contributed by atoms with Gasteiger partial charge in [0.05, 0.1) is 19.3 Å². The number of hydrogen-bond donors (Lipinski definition) is 2. The number of aryl methyl sites for hydroxylation is 1. The van der Waals surface area contributed by atoms with Gasteiger partial charge >= 0.3 is 5.69 Å². The fourth-order valence-corrected chi connectivity index (χ4v) is 3.53. The molecule has 0 aliphatic carbocycles. The van der Waals surface area contributed by atoms with Crippen LogP contribution in [0.1, 0.15) is 22.9 Å². The highest BCUT2D eigenvalue weighted by atomic mass is 16.5. The summed E-state index contributed by atoms with van der Waals surface area (Å²) in [5.74, 6) is 1.77. The van der Waals surface area contributed by atoms with E-state index in [1.807, 2.05) is 55.5 Å². The van der Waals surface area contributed by atoms with E-state index in [0.717, 1.165) is 35.7 Å². The molecule has 1 aliphatic rings. The summed E-state index contributed by atoms with van der Waals surface area (Å²) in [4.78, 5) is 12.9. The number of hydrogen-bond acceptors (Lipinski definition) is 5. The third-order valence-corrected chi connectivity index (χ3v) is 4.91. The summed E-state index contributed by atoms with van der Waals surface area (Å²) in [7, 11) is 1.66. The van der Waals surface area contributed by atoms with Gasteiger partial charge in [-0.25, -0.2) is 14.0 Å². The number of hydrazine groups is 1. The van der Waals surface area contributed by atoms with E-state index in [-0.39, 0.29) is 5.69 Å². The predicted octanol–water partition coefficient (Wildman–Crippen LogP) is 1.59. The van der Waals surface area contributed by atoms with Crippen LogP contribution in [-0.4, -0.2) is 34.5 Å².